The molecule has 2 aromatic heterocycles. The number of carbonyl (C=O) groups is 3. The summed E-state index contributed by atoms with van der Waals surface area (Å²) in [7, 11) is 3.14. The van der Waals surface area contributed by atoms with Crippen LogP contribution in [0.2, 0.25) is 0 Å². The first kappa shape index (κ1) is 44.3. The summed E-state index contributed by atoms with van der Waals surface area (Å²) in [4.78, 5) is 50.1. The number of para-hydroxylation sites is 1. The number of hydrogen-bond donors (Lipinski definition) is 2. The van der Waals surface area contributed by atoms with Gasteiger partial charge in [0.1, 0.15) is 41.4 Å². The molecule has 4 aromatic carbocycles. The van der Waals surface area contributed by atoms with Crippen LogP contribution in [0.1, 0.15) is 35.8 Å². The maximum atomic E-state index is 13.0. The molecule has 0 aliphatic carbocycles. The fourth-order valence-corrected chi connectivity index (χ4v) is 6.89. The van der Waals surface area contributed by atoms with Crippen LogP contribution in [0.15, 0.2) is 122 Å². The molecule has 7 rings (SSSR count). The quantitative estimate of drug-likeness (QED) is 0.0733. The van der Waals surface area contributed by atoms with Crippen LogP contribution in [0, 0.1) is 0 Å². The van der Waals surface area contributed by atoms with Gasteiger partial charge in [0, 0.05) is 5.97 Å². The molecule has 0 spiro atoms. The van der Waals surface area contributed by atoms with Crippen molar-refractivity contribution >= 4 is 34.8 Å². The number of rotatable bonds is 17. The van der Waals surface area contributed by atoms with Gasteiger partial charge in [0.15, 0.2) is 35.9 Å². The second kappa shape index (κ2) is 20.3. The molecule has 6 aromatic rings. The van der Waals surface area contributed by atoms with Crippen molar-refractivity contribution in [3.8, 4) is 17.2 Å². The number of aromatic nitrogens is 4. The SMILES string of the molecule is COc1ccc(C(OC[C@H]2O[C@@H](n3cnc4c(NC(=O)COc5ccccc5)ncnc43)[C@H](O)[C@@H]2OC(=O)CCC(=O)[O-])(c2ccccc2)c2ccc(OC)cc2)cc1.[K+]. The maximum absolute atomic E-state index is 13.0. The number of carboxylic acid groups (broad SMARTS) is 1. The van der Waals surface area contributed by atoms with E-state index in [0.29, 0.717) is 28.4 Å². The molecular formula is C43H40KN5O11. The second-order valence-corrected chi connectivity index (χ2v) is 13.4. The predicted molar refractivity (Wildman–Crippen MR) is 208 cm³/mol. The maximum Gasteiger partial charge on any atom is 1.00 e. The van der Waals surface area contributed by atoms with Gasteiger partial charge in [-0.1, -0.05) is 72.8 Å². The average Bonchev–Trinajstić information content (AvgIpc) is 3.84. The normalized spacial score (nSPS) is 17.3. The first-order valence-corrected chi connectivity index (χ1v) is 18.6. The fourth-order valence-electron chi connectivity index (χ4n) is 6.89. The number of anilines is 1. The van der Waals surface area contributed by atoms with Crippen molar-refractivity contribution in [3.05, 3.63) is 139 Å². The van der Waals surface area contributed by atoms with Gasteiger partial charge in [-0.05, 0) is 59.5 Å². The Morgan fingerprint density at radius 3 is 2.00 bits per heavy atom. The van der Waals surface area contributed by atoms with Crippen LogP contribution in [0.25, 0.3) is 11.2 Å². The van der Waals surface area contributed by atoms with Crippen molar-refractivity contribution in [3.63, 3.8) is 0 Å². The summed E-state index contributed by atoms with van der Waals surface area (Å²) in [5, 5.41) is 25.8. The number of carbonyl (C=O) groups excluding carboxylic acids is 3. The van der Waals surface area contributed by atoms with Gasteiger partial charge in [0.05, 0.1) is 33.6 Å². The average molecular weight is 842 g/mol. The number of benzene rings is 4. The Hall–Kier alpha value is -5.24. The first-order chi connectivity index (χ1) is 28.7. The number of esters is 1. The molecule has 0 unspecified atom stereocenters. The number of aliphatic hydroxyl groups excluding tert-OH is 1. The molecule has 2 N–H and O–H groups in total. The zero-order chi connectivity index (χ0) is 41.4. The Morgan fingerprint density at radius 2 is 1.40 bits per heavy atom. The van der Waals surface area contributed by atoms with Crippen molar-refractivity contribution in [2.75, 3.05) is 32.8 Å². The minimum absolute atomic E-state index is 0. The van der Waals surface area contributed by atoms with Crippen LogP contribution < -0.4 is 76.0 Å². The number of ether oxygens (including phenoxy) is 6. The van der Waals surface area contributed by atoms with Gasteiger partial charge >= 0.3 is 57.4 Å². The van der Waals surface area contributed by atoms with Crippen LogP contribution in [-0.2, 0) is 34.2 Å². The summed E-state index contributed by atoms with van der Waals surface area (Å²) in [5.41, 5.74) is 1.24. The van der Waals surface area contributed by atoms with Gasteiger partial charge in [0.2, 0.25) is 0 Å². The molecule has 16 nitrogen and oxygen atoms in total. The number of nitrogens with zero attached hydrogens (tertiary/aromatic N) is 4. The van der Waals surface area contributed by atoms with Gasteiger partial charge < -0.3 is 48.7 Å². The first-order valence-electron chi connectivity index (χ1n) is 18.6. The largest absolute Gasteiger partial charge is 1.00 e. The van der Waals surface area contributed by atoms with Crippen molar-refractivity contribution in [2.45, 2.75) is 43.0 Å². The number of aliphatic hydroxyl groups is 1. The molecule has 17 heteroatoms. The van der Waals surface area contributed by atoms with Crippen molar-refractivity contribution < 1.29 is 104 Å². The number of aliphatic carboxylic acids is 1. The third-order valence-electron chi connectivity index (χ3n) is 9.75. The predicted octanol–water partition coefficient (Wildman–Crippen LogP) is 0.574. The van der Waals surface area contributed by atoms with E-state index in [0.717, 1.165) is 5.56 Å². The molecule has 4 atom stereocenters. The molecule has 1 amide bonds. The topological polar surface area (TPSA) is 206 Å². The minimum Gasteiger partial charge on any atom is -0.550 e. The van der Waals surface area contributed by atoms with Crippen LogP contribution in [0.5, 0.6) is 17.2 Å². The van der Waals surface area contributed by atoms with E-state index in [4.69, 9.17) is 28.4 Å². The molecule has 3 heterocycles. The number of amides is 1. The number of imidazole rings is 1. The van der Waals surface area contributed by atoms with E-state index in [1.165, 1.54) is 17.2 Å². The van der Waals surface area contributed by atoms with Crippen LogP contribution >= 0.6 is 0 Å². The van der Waals surface area contributed by atoms with Gasteiger partial charge in [-0.2, -0.15) is 0 Å². The van der Waals surface area contributed by atoms with Gasteiger partial charge in [-0.3, -0.25) is 14.2 Å². The molecule has 0 saturated carbocycles. The molecular weight excluding hydrogens is 802 g/mol. The number of nitrogens with one attached hydrogen (secondary N) is 1. The zero-order valence-electron chi connectivity index (χ0n) is 33.0. The zero-order valence-corrected chi connectivity index (χ0v) is 36.1. The number of hydrogen-bond acceptors (Lipinski definition) is 14. The Labute approximate surface area is 387 Å². The molecule has 1 fully saturated rings. The van der Waals surface area contributed by atoms with Crippen LogP contribution in [0.4, 0.5) is 5.82 Å². The van der Waals surface area contributed by atoms with Crippen LogP contribution in [0.3, 0.4) is 0 Å². The summed E-state index contributed by atoms with van der Waals surface area (Å²) < 4.78 is 37.2. The number of methoxy groups -OCH3 is 2. The molecule has 304 valence electrons. The summed E-state index contributed by atoms with van der Waals surface area (Å²) in [6.45, 7) is -0.561. The minimum atomic E-state index is -1.53. The summed E-state index contributed by atoms with van der Waals surface area (Å²) >= 11 is 0. The number of fused-ring (bicyclic) bond motifs is 1. The van der Waals surface area contributed by atoms with E-state index in [2.05, 4.69) is 20.3 Å². The third kappa shape index (κ3) is 9.85. The summed E-state index contributed by atoms with van der Waals surface area (Å²) in [6, 6.07) is 33.1. The Morgan fingerprint density at radius 1 is 0.800 bits per heavy atom. The van der Waals surface area contributed by atoms with Gasteiger partial charge in [-0.15, -0.1) is 0 Å². The molecule has 0 bridgehead atoms. The number of carboxylic acids is 1. The molecule has 1 aliphatic rings. The molecule has 60 heavy (non-hydrogen) atoms. The third-order valence-corrected chi connectivity index (χ3v) is 9.75. The van der Waals surface area contributed by atoms with E-state index in [-0.39, 0.29) is 81.6 Å². The van der Waals surface area contributed by atoms with Gasteiger partial charge in [-0.25, -0.2) is 15.0 Å². The van der Waals surface area contributed by atoms with E-state index in [9.17, 15) is 24.6 Å². The van der Waals surface area contributed by atoms with E-state index in [1.807, 2.05) is 84.9 Å². The molecule has 0 radical (unpaired) electrons. The standard InChI is InChI=1S/C43H41N5O11.K/c1-54-30-17-13-28(14-18-30)43(27-9-5-3-6-10-27,29-15-19-31(55-2)20-16-29)57-23-33-39(59-36(52)22-21-35(50)51)38(53)42(58-33)48-26-46-37-40(44-25-45-41(37)48)47-34(49)24-56-32-11-7-4-8-12-32;/h3-20,25-26,33,38-39,42,53H,21-24H2,1-2H3,(H,50,51)(H,44,45,47,49);/q;+1/p-1/t33-,38-,39-,42-;/m1./s1. The smallest absolute Gasteiger partial charge is 0.550 e. The Balaban J connectivity index is 0.00000604. The molecule has 1 aliphatic heterocycles. The molecule has 1 saturated heterocycles. The monoisotopic (exact) mass is 841 g/mol. The summed E-state index contributed by atoms with van der Waals surface area (Å²) in [6.07, 6.45) is -3.80. The second-order valence-electron chi connectivity index (χ2n) is 13.4. The fraction of sp³-hybridized carbons (Fsp3) is 0.256. The van der Waals surface area contributed by atoms with E-state index in [1.54, 1.807) is 38.5 Å². The Kier molecular flexibility index (Phi) is 15.0. The van der Waals surface area contributed by atoms with Crippen molar-refractivity contribution in [2.24, 2.45) is 0 Å². The van der Waals surface area contributed by atoms with E-state index < -0.39 is 60.8 Å². The van der Waals surface area contributed by atoms with Crippen molar-refractivity contribution in [1.82, 2.24) is 19.5 Å². The van der Waals surface area contributed by atoms with Crippen LogP contribution in [-0.4, -0.2) is 88.2 Å². The van der Waals surface area contributed by atoms with Gasteiger partial charge in [0.25, 0.3) is 5.91 Å². The Bertz CT molecular complexity index is 2320. The summed E-state index contributed by atoms with van der Waals surface area (Å²) in [5.74, 6) is -0.996. The van der Waals surface area contributed by atoms with Crippen molar-refractivity contribution in [1.29, 1.82) is 0 Å². The van der Waals surface area contributed by atoms with E-state index >= 15 is 0 Å².